The summed E-state index contributed by atoms with van der Waals surface area (Å²) in [5, 5.41) is 8.64. The number of carbonyl (C=O) groups is 1. The Morgan fingerprint density at radius 1 is 0.889 bits per heavy atom. The summed E-state index contributed by atoms with van der Waals surface area (Å²) in [5.74, 6) is -0.690. The molecule has 0 bridgehead atoms. The van der Waals surface area contributed by atoms with E-state index in [4.69, 9.17) is 5.11 Å². The van der Waals surface area contributed by atoms with E-state index in [2.05, 4.69) is 18.7 Å². The molecule has 0 atom stereocenters. The lowest BCUT2D eigenvalue weighted by Crippen LogP contribution is -2.27. The van der Waals surface area contributed by atoms with Crippen LogP contribution in [0.15, 0.2) is 0 Å². The fourth-order valence-electron chi connectivity index (χ4n) is 2.15. The minimum absolute atomic E-state index is 0.269. The Kier molecular flexibility index (Phi) is 12.5. The average molecular weight is 257 g/mol. The molecule has 18 heavy (non-hydrogen) atoms. The quantitative estimate of drug-likeness (QED) is 0.508. The van der Waals surface area contributed by atoms with Crippen molar-refractivity contribution in [2.75, 3.05) is 19.6 Å². The molecule has 0 radical (unpaired) electrons. The van der Waals surface area contributed by atoms with Gasteiger partial charge >= 0.3 is 5.97 Å². The van der Waals surface area contributed by atoms with Crippen LogP contribution in [0.1, 0.15) is 71.6 Å². The summed E-state index contributed by atoms with van der Waals surface area (Å²) in [6.45, 7) is 7.06. The summed E-state index contributed by atoms with van der Waals surface area (Å²) in [4.78, 5) is 12.7. The minimum atomic E-state index is -0.690. The van der Waals surface area contributed by atoms with E-state index < -0.39 is 5.97 Å². The van der Waals surface area contributed by atoms with Crippen molar-refractivity contribution in [1.29, 1.82) is 0 Å². The second-order valence-electron chi connectivity index (χ2n) is 5.05. The van der Waals surface area contributed by atoms with Gasteiger partial charge < -0.3 is 10.0 Å². The van der Waals surface area contributed by atoms with E-state index in [1.54, 1.807) is 0 Å². The molecule has 0 aliphatic heterocycles. The first-order chi connectivity index (χ1) is 8.70. The number of carboxylic acids is 1. The zero-order chi connectivity index (χ0) is 13.6. The molecule has 0 fully saturated rings. The summed E-state index contributed by atoms with van der Waals surface area (Å²) < 4.78 is 0. The van der Waals surface area contributed by atoms with Crippen LogP contribution < -0.4 is 0 Å². The van der Waals surface area contributed by atoms with Gasteiger partial charge in [-0.05, 0) is 19.5 Å². The Bertz CT molecular complexity index is 195. The lowest BCUT2D eigenvalue weighted by atomic mass is 10.1. The Balaban J connectivity index is 3.31. The van der Waals surface area contributed by atoms with Gasteiger partial charge in [0.1, 0.15) is 0 Å². The SMILES string of the molecule is CCCCCCCCCCN(CC)CCC(=O)O. The highest BCUT2D eigenvalue weighted by atomic mass is 16.4. The van der Waals surface area contributed by atoms with E-state index in [1.807, 2.05) is 0 Å². The Hall–Kier alpha value is -0.570. The van der Waals surface area contributed by atoms with Crippen LogP contribution in [0.4, 0.5) is 0 Å². The Morgan fingerprint density at radius 3 is 1.94 bits per heavy atom. The van der Waals surface area contributed by atoms with Gasteiger partial charge in [-0.3, -0.25) is 4.79 Å². The molecule has 0 rings (SSSR count). The van der Waals surface area contributed by atoms with Gasteiger partial charge in [-0.25, -0.2) is 0 Å². The number of aliphatic carboxylic acids is 1. The lowest BCUT2D eigenvalue weighted by Gasteiger charge is -2.19. The maximum Gasteiger partial charge on any atom is 0.304 e. The molecule has 0 amide bonds. The summed E-state index contributed by atoms with van der Waals surface area (Å²) in [5.41, 5.74) is 0. The zero-order valence-corrected chi connectivity index (χ0v) is 12.3. The van der Waals surface area contributed by atoms with Gasteiger partial charge in [-0.15, -0.1) is 0 Å². The fourth-order valence-corrected chi connectivity index (χ4v) is 2.15. The molecule has 0 aliphatic rings. The highest BCUT2D eigenvalue weighted by molar-refractivity contribution is 5.66. The van der Waals surface area contributed by atoms with Crippen molar-refractivity contribution in [3.63, 3.8) is 0 Å². The molecule has 3 nitrogen and oxygen atoms in total. The van der Waals surface area contributed by atoms with Gasteiger partial charge in [0, 0.05) is 6.54 Å². The third-order valence-corrected chi connectivity index (χ3v) is 3.42. The topological polar surface area (TPSA) is 40.5 Å². The van der Waals surface area contributed by atoms with E-state index in [-0.39, 0.29) is 6.42 Å². The second kappa shape index (κ2) is 12.9. The summed E-state index contributed by atoms with van der Waals surface area (Å²) >= 11 is 0. The average Bonchev–Trinajstić information content (AvgIpc) is 2.36. The molecular weight excluding hydrogens is 226 g/mol. The molecular formula is C15H31NO2. The highest BCUT2D eigenvalue weighted by Gasteiger charge is 2.04. The van der Waals surface area contributed by atoms with Gasteiger partial charge in [0.25, 0.3) is 0 Å². The van der Waals surface area contributed by atoms with Crippen molar-refractivity contribution in [3.8, 4) is 0 Å². The number of carboxylic acid groups (broad SMARTS) is 1. The molecule has 0 aromatic heterocycles. The smallest absolute Gasteiger partial charge is 0.304 e. The van der Waals surface area contributed by atoms with Crippen molar-refractivity contribution >= 4 is 5.97 Å². The van der Waals surface area contributed by atoms with E-state index in [9.17, 15) is 4.79 Å². The van der Waals surface area contributed by atoms with E-state index in [0.29, 0.717) is 6.54 Å². The summed E-state index contributed by atoms with van der Waals surface area (Å²) in [7, 11) is 0. The third-order valence-electron chi connectivity index (χ3n) is 3.42. The molecule has 0 unspecified atom stereocenters. The Labute approximate surface area is 113 Å². The van der Waals surface area contributed by atoms with Gasteiger partial charge in [0.15, 0.2) is 0 Å². The monoisotopic (exact) mass is 257 g/mol. The fraction of sp³-hybridized carbons (Fsp3) is 0.933. The summed E-state index contributed by atoms with van der Waals surface area (Å²) in [6, 6.07) is 0. The standard InChI is InChI=1S/C15H31NO2/c1-3-5-6-7-8-9-10-11-13-16(4-2)14-12-15(17)18/h3-14H2,1-2H3,(H,17,18). The maximum atomic E-state index is 10.5. The third kappa shape index (κ3) is 11.9. The van der Waals surface area contributed by atoms with Gasteiger partial charge in [0.05, 0.1) is 6.42 Å². The van der Waals surface area contributed by atoms with Gasteiger partial charge in [-0.1, -0.05) is 58.8 Å². The first-order valence-corrected chi connectivity index (χ1v) is 7.64. The first kappa shape index (κ1) is 17.4. The number of unbranched alkanes of at least 4 members (excludes halogenated alkanes) is 7. The van der Waals surface area contributed by atoms with Crippen LogP contribution in [-0.2, 0) is 4.79 Å². The van der Waals surface area contributed by atoms with Crippen LogP contribution in [-0.4, -0.2) is 35.6 Å². The number of hydrogen-bond donors (Lipinski definition) is 1. The molecule has 0 aromatic carbocycles. The van der Waals surface area contributed by atoms with Crippen LogP contribution in [0.5, 0.6) is 0 Å². The number of nitrogens with zero attached hydrogens (tertiary/aromatic N) is 1. The van der Waals surface area contributed by atoms with Crippen LogP contribution in [0.2, 0.25) is 0 Å². The van der Waals surface area contributed by atoms with Gasteiger partial charge in [0.2, 0.25) is 0 Å². The second-order valence-corrected chi connectivity index (χ2v) is 5.05. The van der Waals surface area contributed by atoms with Crippen LogP contribution >= 0.6 is 0 Å². The normalized spacial score (nSPS) is 11.1. The van der Waals surface area contributed by atoms with Crippen molar-refractivity contribution in [3.05, 3.63) is 0 Å². The molecule has 0 aliphatic carbocycles. The highest BCUT2D eigenvalue weighted by Crippen LogP contribution is 2.08. The predicted octanol–water partition coefficient (Wildman–Crippen LogP) is 3.92. The molecule has 0 saturated heterocycles. The van der Waals surface area contributed by atoms with Crippen LogP contribution in [0.25, 0.3) is 0 Å². The molecule has 0 spiro atoms. The summed E-state index contributed by atoms with van der Waals surface area (Å²) in [6.07, 6.45) is 10.9. The lowest BCUT2D eigenvalue weighted by molar-refractivity contribution is -0.137. The maximum absolute atomic E-state index is 10.5. The molecule has 0 saturated carbocycles. The van der Waals surface area contributed by atoms with E-state index in [1.165, 1.54) is 51.4 Å². The van der Waals surface area contributed by atoms with Crippen LogP contribution in [0, 0.1) is 0 Å². The molecule has 0 heterocycles. The van der Waals surface area contributed by atoms with Crippen molar-refractivity contribution in [2.45, 2.75) is 71.6 Å². The predicted molar refractivity (Wildman–Crippen MR) is 77.0 cm³/mol. The Morgan fingerprint density at radius 2 is 1.44 bits per heavy atom. The van der Waals surface area contributed by atoms with Crippen molar-refractivity contribution in [2.24, 2.45) is 0 Å². The molecule has 108 valence electrons. The number of rotatable bonds is 13. The largest absolute Gasteiger partial charge is 0.481 e. The van der Waals surface area contributed by atoms with Crippen molar-refractivity contribution < 1.29 is 9.90 Å². The van der Waals surface area contributed by atoms with E-state index in [0.717, 1.165) is 13.1 Å². The zero-order valence-electron chi connectivity index (χ0n) is 12.3. The van der Waals surface area contributed by atoms with E-state index >= 15 is 0 Å². The van der Waals surface area contributed by atoms with Crippen LogP contribution in [0.3, 0.4) is 0 Å². The molecule has 1 N–H and O–H groups in total. The molecule has 0 aromatic rings. The van der Waals surface area contributed by atoms with Crippen molar-refractivity contribution in [1.82, 2.24) is 4.90 Å². The van der Waals surface area contributed by atoms with Gasteiger partial charge in [-0.2, -0.15) is 0 Å². The minimum Gasteiger partial charge on any atom is -0.481 e. The number of hydrogen-bond acceptors (Lipinski definition) is 2. The molecule has 3 heteroatoms. The first-order valence-electron chi connectivity index (χ1n) is 7.64.